The molecule has 1 fully saturated rings. The molecule has 1 N–H and O–H groups in total. The highest BCUT2D eigenvalue weighted by Crippen LogP contribution is 2.26. The molecule has 6 heteroatoms. The summed E-state index contributed by atoms with van der Waals surface area (Å²) >= 11 is 7.69. The maximum Gasteiger partial charge on any atom is 0.270 e. The Balaban J connectivity index is 1.94. The third kappa shape index (κ3) is 4.08. The average Bonchev–Trinajstić information content (AvgIpc) is 2.38. The molecule has 1 saturated carbocycles. The first-order chi connectivity index (χ1) is 9.08. The number of rotatable bonds is 3. The van der Waals surface area contributed by atoms with Crippen LogP contribution in [0.15, 0.2) is 6.07 Å². The van der Waals surface area contributed by atoms with Gasteiger partial charge < -0.3 is 5.32 Å². The van der Waals surface area contributed by atoms with Gasteiger partial charge in [0, 0.05) is 17.0 Å². The molecular formula is C13H18ClN3OS. The highest BCUT2D eigenvalue weighted by Gasteiger charge is 2.22. The van der Waals surface area contributed by atoms with Crippen molar-refractivity contribution in [3.63, 3.8) is 0 Å². The molecule has 19 heavy (non-hydrogen) atoms. The number of carbonyl (C=O) groups excluding carboxylic acids is 1. The van der Waals surface area contributed by atoms with E-state index in [2.05, 4.69) is 21.5 Å². The lowest BCUT2D eigenvalue weighted by molar-refractivity contribution is 0.0923. The highest BCUT2D eigenvalue weighted by atomic mass is 35.5. The monoisotopic (exact) mass is 299 g/mol. The predicted octanol–water partition coefficient (Wildman–Crippen LogP) is 2.84. The van der Waals surface area contributed by atoms with Gasteiger partial charge in [0.2, 0.25) is 5.28 Å². The summed E-state index contributed by atoms with van der Waals surface area (Å²) in [5.41, 5.74) is 1.06. The summed E-state index contributed by atoms with van der Waals surface area (Å²) in [6.45, 7) is 1.80. The highest BCUT2D eigenvalue weighted by molar-refractivity contribution is 7.99. The van der Waals surface area contributed by atoms with Crippen molar-refractivity contribution in [1.29, 1.82) is 0 Å². The molecule has 2 rings (SSSR count). The second kappa shape index (κ2) is 6.57. The number of halogens is 1. The maximum absolute atomic E-state index is 12.1. The van der Waals surface area contributed by atoms with E-state index >= 15 is 0 Å². The number of hydrogen-bond acceptors (Lipinski definition) is 4. The molecule has 0 atom stereocenters. The van der Waals surface area contributed by atoms with Gasteiger partial charge in [-0.2, -0.15) is 11.8 Å². The number of nitrogens with zero attached hydrogens (tertiary/aromatic N) is 2. The van der Waals surface area contributed by atoms with E-state index in [-0.39, 0.29) is 17.2 Å². The SMILES string of the molecule is CSC1CCC(NC(=O)c2cc(C)nc(Cl)n2)CC1. The van der Waals surface area contributed by atoms with Gasteiger partial charge in [-0.3, -0.25) is 4.79 Å². The summed E-state index contributed by atoms with van der Waals surface area (Å²) in [6, 6.07) is 1.92. The van der Waals surface area contributed by atoms with Crippen LogP contribution in [0.2, 0.25) is 5.28 Å². The van der Waals surface area contributed by atoms with E-state index < -0.39 is 0 Å². The zero-order valence-electron chi connectivity index (χ0n) is 11.1. The Morgan fingerprint density at radius 2 is 2.05 bits per heavy atom. The lowest BCUT2D eigenvalue weighted by atomic mass is 9.95. The Morgan fingerprint density at radius 1 is 1.37 bits per heavy atom. The fraction of sp³-hybridized carbons (Fsp3) is 0.615. The minimum Gasteiger partial charge on any atom is -0.348 e. The molecule has 0 spiro atoms. The quantitative estimate of drug-likeness (QED) is 0.872. The third-order valence-electron chi connectivity index (χ3n) is 3.40. The zero-order valence-corrected chi connectivity index (χ0v) is 12.7. The smallest absolute Gasteiger partial charge is 0.270 e. The predicted molar refractivity (Wildman–Crippen MR) is 78.8 cm³/mol. The molecule has 1 aliphatic rings. The van der Waals surface area contributed by atoms with Crippen LogP contribution in [0.3, 0.4) is 0 Å². The van der Waals surface area contributed by atoms with Gasteiger partial charge in [-0.1, -0.05) is 0 Å². The molecule has 1 heterocycles. The summed E-state index contributed by atoms with van der Waals surface area (Å²) in [5.74, 6) is -0.153. The molecule has 0 bridgehead atoms. The number of thioether (sulfide) groups is 1. The minimum absolute atomic E-state index is 0.122. The number of hydrogen-bond donors (Lipinski definition) is 1. The first-order valence-electron chi connectivity index (χ1n) is 6.43. The minimum atomic E-state index is -0.153. The van der Waals surface area contributed by atoms with Crippen LogP contribution in [-0.4, -0.2) is 33.4 Å². The molecule has 0 aromatic carbocycles. The Morgan fingerprint density at radius 3 is 2.63 bits per heavy atom. The summed E-state index contributed by atoms with van der Waals surface area (Å²) in [6.07, 6.45) is 6.55. The van der Waals surface area contributed by atoms with Crippen LogP contribution < -0.4 is 5.32 Å². The van der Waals surface area contributed by atoms with Gasteiger partial charge in [-0.15, -0.1) is 0 Å². The van der Waals surface area contributed by atoms with E-state index in [0.717, 1.165) is 30.9 Å². The standard InChI is InChI=1S/C13H18ClN3OS/c1-8-7-11(17-13(14)15-8)12(18)16-9-3-5-10(19-2)6-4-9/h7,9-10H,3-6H2,1-2H3,(H,16,18). The molecule has 1 amide bonds. The van der Waals surface area contributed by atoms with Crippen molar-refractivity contribution in [2.45, 2.75) is 43.9 Å². The largest absolute Gasteiger partial charge is 0.348 e. The van der Waals surface area contributed by atoms with E-state index in [1.807, 2.05) is 11.8 Å². The van der Waals surface area contributed by atoms with Gasteiger partial charge in [0.1, 0.15) is 5.69 Å². The molecule has 1 aromatic rings. The zero-order chi connectivity index (χ0) is 13.8. The molecule has 4 nitrogen and oxygen atoms in total. The maximum atomic E-state index is 12.1. The van der Waals surface area contributed by atoms with Gasteiger partial charge in [-0.05, 0) is 56.5 Å². The van der Waals surface area contributed by atoms with Gasteiger partial charge in [0.25, 0.3) is 5.91 Å². The second-order valence-corrected chi connectivity index (χ2v) is 6.32. The van der Waals surface area contributed by atoms with E-state index in [1.165, 1.54) is 0 Å². The van der Waals surface area contributed by atoms with Gasteiger partial charge in [-0.25, -0.2) is 9.97 Å². The van der Waals surface area contributed by atoms with E-state index in [4.69, 9.17) is 11.6 Å². The topological polar surface area (TPSA) is 54.9 Å². The van der Waals surface area contributed by atoms with Crippen LogP contribution in [0.1, 0.15) is 41.9 Å². The van der Waals surface area contributed by atoms with Crippen LogP contribution in [0, 0.1) is 6.92 Å². The Hall–Kier alpha value is -0.810. The average molecular weight is 300 g/mol. The van der Waals surface area contributed by atoms with Crippen LogP contribution in [0.4, 0.5) is 0 Å². The molecule has 0 unspecified atom stereocenters. The third-order valence-corrected chi connectivity index (χ3v) is 4.71. The molecule has 1 aromatic heterocycles. The van der Waals surface area contributed by atoms with Gasteiger partial charge >= 0.3 is 0 Å². The van der Waals surface area contributed by atoms with Crippen molar-refractivity contribution in [2.24, 2.45) is 0 Å². The van der Waals surface area contributed by atoms with Crippen LogP contribution in [-0.2, 0) is 0 Å². The molecular weight excluding hydrogens is 282 g/mol. The van der Waals surface area contributed by atoms with Crippen molar-refractivity contribution in [2.75, 3.05) is 6.26 Å². The Bertz CT molecular complexity index is 441. The Kier molecular flexibility index (Phi) is 5.05. The summed E-state index contributed by atoms with van der Waals surface area (Å²) in [4.78, 5) is 20.0. The number of aromatic nitrogens is 2. The van der Waals surface area contributed by atoms with Crippen LogP contribution in [0.5, 0.6) is 0 Å². The first kappa shape index (κ1) is 14.6. The van der Waals surface area contributed by atoms with Gasteiger partial charge in [0.15, 0.2) is 0 Å². The van der Waals surface area contributed by atoms with Crippen molar-refractivity contribution in [3.8, 4) is 0 Å². The van der Waals surface area contributed by atoms with Crippen LogP contribution in [0.25, 0.3) is 0 Å². The fourth-order valence-corrected chi connectivity index (χ4v) is 3.32. The van der Waals surface area contributed by atoms with Crippen molar-refractivity contribution in [3.05, 3.63) is 22.7 Å². The number of amides is 1. The van der Waals surface area contributed by atoms with Crippen molar-refractivity contribution < 1.29 is 4.79 Å². The molecule has 104 valence electrons. The summed E-state index contributed by atoms with van der Waals surface area (Å²) < 4.78 is 0. The molecule has 1 aliphatic carbocycles. The molecule has 0 saturated heterocycles. The van der Waals surface area contributed by atoms with Gasteiger partial charge in [0.05, 0.1) is 0 Å². The fourth-order valence-electron chi connectivity index (χ4n) is 2.35. The number of nitrogens with one attached hydrogen (secondary N) is 1. The molecule has 0 radical (unpaired) electrons. The molecule has 0 aliphatic heterocycles. The number of carbonyl (C=O) groups is 1. The first-order valence-corrected chi connectivity index (χ1v) is 8.10. The van der Waals surface area contributed by atoms with Crippen molar-refractivity contribution in [1.82, 2.24) is 15.3 Å². The second-order valence-electron chi connectivity index (χ2n) is 4.85. The number of aryl methyl sites for hydroxylation is 1. The van der Waals surface area contributed by atoms with E-state index in [9.17, 15) is 4.79 Å². The lowest BCUT2D eigenvalue weighted by Gasteiger charge is -2.27. The Labute approximate surface area is 122 Å². The van der Waals surface area contributed by atoms with Crippen molar-refractivity contribution >= 4 is 29.3 Å². The normalized spacial score (nSPS) is 23.1. The summed E-state index contributed by atoms with van der Waals surface area (Å²) in [5, 5.41) is 3.90. The summed E-state index contributed by atoms with van der Waals surface area (Å²) in [7, 11) is 0. The van der Waals surface area contributed by atoms with E-state index in [0.29, 0.717) is 11.4 Å². The van der Waals surface area contributed by atoms with E-state index in [1.54, 1.807) is 13.0 Å². The van der Waals surface area contributed by atoms with Crippen LogP contribution >= 0.6 is 23.4 Å². The lowest BCUT2D eigenvalue weighted by Crippen LogP contribution is -2.38.